The fourth-order valence-electron chi connectivity index (χ4n) is 7.01. The van der Waals surface area contributed by atoms with Crippen molar-refractivity contribution in [2.45, 2.75) is 128 Å². The van der Waals surface area contributed by atoms with Gasteiger partial charge in [-0.05, 0) is 74.4 Å². The van der Waals surface area contributed by atoms with E-state index in [1.54, 1.807) is 18.2 Å². The van der Waals surface area contributed by atoms with Crippen LogP contribution in [0, 0.1) is 19.8 Å². The highest BCUT2D eigenvalue weighted by Crippen LogP contribution is 2.41. The van der Waals surface area contributed by atoms with E-state index < -0.39 is 11.5 Å². The number of nitrogens with zero attached hydrogens (tertiary/aromatic N) is 2. The van der Waals surface area contributed by atoms with E-state index in [0.29, 0.717) is 27.8 Å². The predicted molar refractivity (Wildman–Crippen MR) is 261 cm³/mol. The van der Waals surface area contributed by atoms with Gasteiger partial charge in [0.15, 0.2) is 0 Å². The number of hydrogen-bond acceptors (Lipinski definition) is 7. The first-order chi connectivity index (χ1) is 29.8. The molecule has 2 atom stereocenters. The number of rotatable bonds is 24. The monoisotopic (exact) mass is 941 g/mol. The molecule has 2 unspecified atom stereocenters. The Labute approximate surface area is 392 Å². The maximum Gasteiger partial charge on any atom is 0.267 e. The van der Waals surface area contributed by atoms with Gasteiger partial charge >= 0.3 is 0 Å². The SMILES string of the molecule is CCCCCCCCCCCCCC(=O)Nc1ccc(Cl)c(N=C2NN(c3c(Cl)cc(Cl)cc3Cl)C(=O)C2Sc2ccccc2NCOC(Oc2ccc(C)cc2C)C(C)C)c1. The summed E-state index contributed by atoms with van der Waals surface area (Å²) in [5, 5.41) is 7.77. The number of unbranched alkanes of at least 4 members (excludes halogenated alkanes) is 10. The lowest BCUT2D eigenvalue weighted by atomic mass is 10.1. The molecule has 1 aliphatic heterocycles. The van der Waals surface area contributed by atoms with Crippen molar-refractivity contribution in [2.75, 3.05) is 22.4 Å². The molecule has 0 radical (unpaired) electrons. The molecule has 5 rings (SSSR count). The molecule has 0 aliphatic carbocycles. The molecular formula is C48H59Cl4N5O4S. The van der Waals surface area contributed by atoms with Gasteiger partial charge in [-0.1, -0.05) is 161 Å². The summed E-state index contributed by atoms with van der Waals surface area (Å²) in [5.74, 6) is 0.657. The molecule has 1 fully saturated rings. The number of hydrogen-bond donors (Lipinski definition) is 3. The van der Waals surface area contributed by atoms with Gasteiger partial charge in [0.05, 0.1) is 20.8 Å². The van der Waals surface area contributed by atoms with Crippen molar-refractivity contribution >= 4 is 98.6 Å². The number of thioether (sulfide) groups is 1. The Morgan fingerprint density at radius 2 is 1.50 bits per heavy atom. The molecule has 62 heavy (non-hydrogen) atoms. The fourth-order valence-corrected chi connectivity index (χ4v) is 9.26. The Hall–Kier alpha value is -3.64. The number of ether oxygens (including phenoxy) is 2. The lowest BCUT2D eigenvalue weighted by molar-refractivity contribution is -0.117. The molecule has 4 aromatic rings. The van der Waals surface area contributed by atoms with Gasteiger partial charge in [-0.2, -0.15) is 0 Å². The second kappa shape index (κ2) is 25.0. The van der Waals surface area contributed by atoms with Gasteiger partial charge in [-0.15, -0.1) is 11.8 Å². The number of amidine groups is 1. The first-order valence-corrected chi connectivity index (χ1v) is 24.0. The summed E-state index contributed by atoms with van der Waals surface area (Å²) in [6.07, 6.45) is 13.2. The third-order valence-corrected chi connectivity index (χ3v) is 12.7. The minimum absolute atomic E-state index is 0.0635. The molecule has 0 spiro atoms. The molecule has 0 saturated carbocycles. The summed E-state index contributed by atoms with van der Waals surface area (Å²) in [6.45, 7) is 10.5. The zero-order chi connectivity index (χ0) is 44.6. The number of hydrazine groups is 1. The van der Waals surface area contributed by atoms with E-state index in [-0.39, 0.29) is 46.0 Å². The van der Waals surface area contributed by atoms with E-state index in [2.05, 4.69) is 29.0 Å². The Morgan fingerprint density at radius 3 is 2.16 bits per heavy atom. The number of amides is 2. The number of aliphatic imine (C=N–C) groups is 1. The van der Waals surface area contributed by atoms with Crippen molar-refractivity contribution in [3.05, 3.63) is 104 Å². The van der Waals surface area contributed by atoms with Crippen LogP contribution in [0.4, 0.5) is 22.7 Å². The number of aryl methyl sites for hydroxylation is 2. The summed E-state index contributed by atoms with van der Waals surface area (Å²) >= 11 is 27.5. The van der Waals surface area contributed by atoms with Crippen LogP contribution in [0.25, 0.3) is 0 Å². The van der Waals surface area contributed by atoms with Crippen molar-refractivity contribution in [2.24, 2.45) is 10.9 Å². The molecule has 334 valence electrons. The van der Waals surface area contributed by atoms with E-state index in [0.717, 1.165) is 46.7 Å². The normalized spacial score (nSPS) is 15.0. The molecule has 0 aromatic heterocycles. The predicted octanol–water partition coefficient (Wildman–Crippen LogP) is 14.7. The highest BCUT2D eigenvalue weighted by Gasteiger charge is 2.41. The lowest BCUT2D eigenvalue weighted by Crippen LogP contribution is -2.36. The van der Waals surface area contributed by atoms with Crippen molar-refractivity contribution in [3.8, 4) is 5.75 Å². The van der Waals surface area contributed by atoms with Gasteiger partial charge in [-0.25, -0.2) is 10.0 Å². The summed E-state index contributed by atoms with van der Waals surface area (Å²) in [4.78, 5) is 33.0. The minimum atomic E-state index is -0.895. The minimum Gasteiger partial charge on any atom is -0.464 e. The van der Waals surface area contributed by atoms with Crippen molar-refractivity contribution in [3.63, 3.8) is 0 Å². The Kier molecular flexibility index (Phi) is 19.9. The number of nitrogens with one attached hydrogen (secondary N) is 3. The topological polar surface area (TPSA) is 104 Å². The van der Waals surface area contributed by atoms with Gasteiger partial charge in [0.1, 0.15) is 29.3 Å². The van der Waals surface area contributed by atoms with Crippen molar-refractivity contribution in [1.29, 1.82) is 0 Å². The van der Waals surface area contributed by atoms with E-state index >= 15 is 0 Å². The van der Waals surface area contributed by atoms with E-state index in [9.17, 15) is 9.59 Å². The standard InChI is InChI=1S/C48H59Cl4N5O4S/c1-6-7-8-9-10-11-12-13-14-15-16-21-43(58)54-35-23-24-36(50)40(29-35)55-46-45(47(59)57(56-46)44-37(51)27-34(49)28-38(44)52)62-42-20-18-17-19-39(42)53-30-60-48(31(2)3)61-41-25-22-32(4)26-33(41)5/h17-20,22-29,31,45,48,53H,6-16,21,30H2,1-5H3,(H,54,58)(H,55,56). The third-order valence-electron chi connectivity index (χ3n) is 10.4. The molecule has 4 aromatic carbocycles. The second-order valence-corrected chi connectivity index (χ2v) is 18.8. The Balaban J connectivity index is 1.29. The summed E-state index contributed by atoms with van der Waals surface area (Å²) in [7, 11) is 0. The van der Waals surface area contributed by atoms with Crippen LogP contribution in [-0.4, -0.2) is 35.9 Å². The van der Waals surface area contributed by atoms with Gasteiger partial charge in [0.25, 0.3) is 5.91 Å². The van der Waals surface area contributed by atoms with Crippen LogP contribution in [0.2, 0.25) is 20.1 Å². The third kappa shape index (κ3) is 14.7. The number of carbonyl (C=O) groups excluding carboxylic acids is 2. The summed E-state index contributed by atoms with van der Waals surface area (Å²) in [6, 6.07) is 21.8. The number of anilines is 3. The molecule has 2 amide bonds. The van der Waals surface area contributed by atoms with Gasteiger partial charge in [-0.3, -0.25) is 15.0 Å². The highest BCUT2D eigenvalue weighted by atomic mass is 35.5. The zero-order valence-corrected chi connectivity index (χ0v) is 40.1. The van der Waals surface area contributed by atoms with Crippen LogP contribution in [0.3, 0.4) is 0 Å². The smallest absolute Gasteiger partial charge is 0.267 e. The first kappa shape index (κ1) is 49.4. The molecule has 1 saturated heterocycles. The molecule has 3 N–H and O–H groups in total. The van der Waals surface area contributed by atoms with Crippen LogP contribution in [0.1, 0.15) is 109 Å². The maximum absolute atomic E-state index is 14.4. The molecule has 14 heteroatoms. The first-order valence-electron chi connectivity index (χ1n) is 21.6. The van der Waals surface area contributed by atoms with E-state index in [4.69, 9.17) is 60.9 Å². The van der Waals surface area contributed by atoms with E-state index in [1.807, 2.05) is 64.1 Å². The van der Waals surface area contributed by atoms with Crippen LogP contribution in [0.5, 0.6) is 5.75 Å². The number of benzene rings is 4. The molecule has 1 aliphatic rings. The highest BCUT2D eigenvalue weighted by molar-refractivity contribution is 8.01. The van der Waals surface area contributed by atoms with Gasteiger partial charge in [0.2, 0.25) is 12.2 Å². The van der Waals surface area contributed by atoms with Crippen molar-refractivity contribution in [1.82, 2.24) is 5.43 Å². The zero-order valence-electron chi connectivity index (χ0n) is 36.3. The van der Waals surface area contributed by atoms with Crippen LogP contribution < -0.4 is 25.8 Å². The largest absolute Gasteiger partial charge is 0.464 e. The molecule has 0 bridgehead atoms. The number of para-hydroxylation sites is 1. The van der Waals surface area contributed by atoms with Gasteiger partial charge in [0, 0.05) is 33.6 Å². The quantitative estimate of drug-likeness (QED) is 0.0475. The van der Waals surface area contributed by atoms with Crippen LogP contribution in [0.15, 0.2) is 82.7 Å². The van der Waals surface area contributed by atoms with Crippen LogP contribution in [-0.2, 0) is 14.3 Å². The maximum atomic E-state index is 14.4. The average molecular weight is 944 g/mol. The number of carbonyl (C=O) groups is 2. The average Bonchev–Trinajstić information content (AvgIpc) is 3.51. The Morgan fingerprint density at radius 1 is 0.839 bits per heavy atom. The molecule has 1 heterocycles. The fraction of sp³-hybridized carbons (Fsp3) is 0.438. The Bertz CT molecular complexity index is 2130. The number of halogens is 4. The molecule has 9 nitrogen and oxygen atoms in total. The molecular weight excluding hydrogens is 884 g/mol. The second-order valence-electron chi connectivity index (χ2n) is 16.0. The summed E-state index contributed by atoms with van der Waals surface area (Å²) < 4.78 is 12.5. The lowest BCUT2D eigenvalue weighted by Gasteiger charge is -2.24. The van der Waals surface area contributed by atoms with Crippen molar-refractivity contribution < 1.29 is 19.1 Å². The summed E-state index contributed by atoms with van der Waals surface area (Å²) in [5.41, 5.74) is 7.21. The van der Waals surface area contributed by atoms with E-state index in [1.165, 1.54) is 80.3 Å². The van der Waals surface area contributed by atoms with Crippen LogP contribution >= 0.6 is 58.2 Å². The van der Waals surface area contributed by atoms with Gasteiger partial charge < -0.3 is 20.1 Å².